The van der Waals surface area contributed by atoms with Crippen LogP contribution < -0.4 is 5.32 Å². The average molecular weight is 381 g/mol. The normalized spacial score (nSPS) is 16.9. The van der Waals surface area contributed by atoms with E-state index in [1.165, 1.54) is 0 Å². The third kappa shape index (κ3) is 4.60. The van der Waals surface area contributed by atoms with Gasteiger partial charge in [-0.1, -0.05) is 60.2 Å². The Kier molecular flexibility index (Phi) is 6.47. The van der Waals surface area contributed by atoms with Crippen molar-refractivity contribution < 1.29 is 19.4 Å². The van der Waals surface area contributed by atoms with E-state index < -0.39 is 17.3 Å². The zero-order valence-corrected chi connectivity index (χ0v) is 16.2. The molecule has 1 unspecified atom stereocenters. The van der Waals surface area contributed by atoms with Crippen LogP contribution in [0.25, 0.3) is 0 Å². The van der Waals surface area contributed by atoms with E-state index in [4.69, 9.17) is 4.74 Å². The standard InChI is InChI=1S/C23H27NO4/c1-17-7-9-20(10-8-17)23(11-13-28-14-12-23)22(27)24-16-19(21(25)26)15-18-5-3-2-4-6-18/h2-10,19H,11-16H2,1H3,(H,24,27)(H,25,26). The molecule has 2 aromatic carbocycles. The number of nitrogens with one attached hydrogen (secondary N) is 1. The molecular formula is C23H27NO4. The molecule has 0 aromatic heterocycles. The number of ether oxygens (including phenoxy) is 1. The van der Waals surface area contributed by atoms with Gasteiger partial charge >= 0.3 is 5.97 Å². The predicted octanol–water partition coefficient (Wildman–Crippen LogP) is 3.10. The van der Waals surface area contributed by atoms with Gasteiger partial charge in [-0.25, -0.2) is 0 Å². The second-order valence-corrected chi connectivity index (χ2v) is 7.50. The lowest BCUT2D eigenvalue weighted by Gasteiger charge is -2.36. The first-order chi connectivity index (χ1) is 13.5. The number of carbonyl (C=O) groups excluding carboxylic acids is 1. The van der Waals surface area contributed by atoms with Crippen LogP contribution in [0, 0.1) is 12.8 Å². The first-order valence-electron chi connectivity index (χ1n) is 9.71. The molecule has 0 radical (unpaired) electrons. The van der Waals surface area contributed by atoms with Gasteiger partial charge < -0.3 is 15.2 Å². The fourth-order valence-electron chi connectivity index (χ4n) is 3.77. The zero-order valence-electron chi connectivity index (χ0n) is 16.2. The Morgan fingerprint density at radius 2 is 1.71 bits per heavy atom. The lowest BCUT2D eigenvalue weighted by molar-refractivity contribution is -0.142. The molecule has 1 fully saturated rings. The second-order valence-electron chi connectivity index (χ2n) is 7.50. The number of aryl methyl sites for hydroxylation is 1. The lowest BCUT2D eigenvalue weighted by Crippen LogP contribution is -2.49. The minimum absolute atomic E-state index is 0.109. The molecule has 0 bridgehead atoms. The Labute approximate surface area is 165 Å². The van der Waals surface area contributed by atoms with Crippen LogP contribution in [0.3, 0.4) is 0 Å². The summed E-state index contributed by atoms with van der Waals surface area (Å²) in [6.45, 7) is 3.17. The average Bonchev–Trinajstić information content (AvgIpc) is 2.72. The third-order valence-corrected chi connectivity index (χ3v) is 5.57. The molecule has 0 spiro atoms. The van der Waals surface area contributed by atoms with Crippen molar-refractivity contribution in [1.82, 2.24) is 5.32 Å². The van der Waals surface area contributed by atoms with E-state index in [2.05, 4.69) is 5.32 Å². The second kappa shape index (κ2) is 9.02. The van der Waals surface area contributed by atoms with Gasteiger partial charge in [0.2, 0.25) is 5.91 Å². The van der Waals surface area contributed by atoms with Crippen LogP contribution in [0.4, 0.5) is 0 Å². The van der Waals surface area contributed by atoms with E-state index in [1.54, 1.807) is 0 Å². The van der Waals surface area contributed by atoms with Gasteiger partial charge in [-0.15, -0.1) is 0 Å². The first-order valence-corrected chi connectivity index (χ1v) is 9.71. The summed E-state index contributed by atoms with van der Waals surface area (Å²) in [7, 11) is 0. The van der Waals surface area contributed by atoms with Crippen LogP contribution in [0.5, 0.6) is 0 Å². The van der Waals surface area contributed by atoms with E-state index in [9.17, 15) is 14.7 Å². The van der Waals surface area contributed by atoms with Crippen molar-refractivity contribution in [2.24, 2.45) is 5.92 Å². The summed E-state index contributed by atoms with van der Waals surface area (Å²) < 4.78 is 5.49. The minimum Gasteiger partial charge on any atom is -0.481 e. The number of benzene rings is 2. The fraction of sp³-hybridized carbons (Fsp3) is 0.391. The molecule has 5 heteroatoms. The highest BCUT2D eigenvalue weighted by atomic mass is 16.5. The summed E-state index contributed by atoms with van der Waals surface area (Å²) in [5, 5.41) is 12.5. The number of carboxylic acid groups (broad SMARTS) is 1. The Bertz CT molecular complexity index is 795. The van der Waals surface area contributed by atoms with Gasteiger partial charge in [-0.05, 0) is 37.3 Å². The van der Waals surface area contributed by atoms with Gasteiger partial charge in [0, 0.05) is 19.8 Å². The van der Waals surface area contributed by atoms with Gasteiger partial charge in [0.05, 0.1) is 11.3 Å². The number of hydrogen-bond acceptors (Lipinski definition) is 3. The van der Waals surface area contributed by atoms with Crippen molar-refractivity contribution in [1.29, 1.82) is 0 Å². The summed E-state index contributed by atoms with van der Waals surface area (Å²) in [5.41, 5.74) is 2.39. The van der Waals surface area contributed by atoms with Gasteiger partial charge in [0.25, 0.3) is 0 Å². The molecule has 1 atom stereocenters. The summed E-state index contributed by atoms with van der Waals surface area (Å²) in [5.74, 6) is -1.68. The van der Waals surface area contributed by atoms with Crippen LogP contribution in [0.1, 0.15) is 29.5 Å². The molecule has 148 valence electrons. The highest BCUT2D eigenvalue weighted by molar-refractivity contribution is 5.88. The first kappa shape index (κ1) is 20.1. The summed E-state index contributed by atoms with van der Waals surface area (Å²) in [6, 6.07) is 17.5. The maximum atomic E-state index is 13.2. The number of hydrogen-bond donors (Lipinski definition) is 2. The molecule has 28 heavy (non-hydrogen) atoms. The topological polar surface area (TPSA) is 75.6 Å². The SMILES string of the molecule is Cc1ccc(C2(C(=O)NCC(Cc3ccccc3)C(=O)O)CCOCC2)cc1. The Balaban J connectivity index is 1.74. The van der Waals surface area contributed by atoms with E-state index >= 15 is 0 Å². The van der Waals surface area contributed by atoms with Gasteiger partial charge in [0.15, 0.2) is 0 Å². The molecule has 1 amide bonds. The molecule has 2 N–H and O–H groups in total. The van der Waals surface area contributed by atoms with Crippen molar-refractivity contribution in [2.45, 2.75) is 31.6 Å². The molecule has 1 heterocycles. The number of carboxylic acids is 1. The van der Waals surface area contributed by atoms with Crippen LogP contribution >= 0.6 is 0 Å². The summed E-state index contributed by atoms with van der Waals surface area (Å²) in [6.07, 6.45) is 1.58. The minimum atomic E-state index is -0.902. The van der Waals surface area contributed by atoms with Crippen LogP contribution in [-0.2, 0) is 26.2 Å². The van der Waals surface area contributed by atoms with E-state index in [1.807, 2.05) is 61.5 Å². The third-order valence-electron chi connectivity index (χ3n) is 5.57. The molecule has 2 aromatic rings. The Morgan fingerprint density at radius 1 is 1.07 bits per heavy atom. The highest BCUT2D eigenvalue weighted by Crippen LogP contribution is 2.35. The van der Waals surface area contributed by atoms with Crippen molar-refractivity contribution in [3.05, 3.63) is 71.3 Å². The van der Waals surface area contributed by atoms with Crippen LogP contribution in [0.15, 0.2) is 54.6 Å². The van der Waals surface area contributed by atoms with E-state index in [-0.39, 0.29) is 12.5 Å². The molecule has 3 rings (SSSR count). The Morgan fingerprint density at radius 3 is 2.32 bits per heavy atom. The molecule has 0 aliphatic carbocycles. The number of rotatable bonds is 7. The molecule has 5 nitrogen and oxygen atoms in total. The smallest absolute Gasteiger partial charge is 0.308 e. The van der Waals surface area contributed by atoms with Crippen molar-refractivity contribution in [3.8, 4) is 0 Å². The maximum Gasteiger partial charge on any atom is 0.308 e. The van der Waals surface area contributed by atoms with Crippen molar-refractivity contribution in [3.63, 3.8) is 0 Å². The molecule has 1 saturated heterocycles. The maximum absolute atomic E-state index is 13.2. The largest absolute Gasteiger partial charge is 0.481 e. The van der Waals surface area contributed by atoms with Gasteiger partial charge in [-0.3, -0.25) is 9.59 Å². The predicted molar refractivity (Wildman–Crippen MR) is 107 cm³/mol. The van der Waals surface area contributed by atoms with Crippen LogP contribution in [0.2, 0.25) is 0 Å². The molecule has 1 aliphatic rings. The number of amides is 1. The zero-order chi connectivity index (χ0) is 20.0. The summed E-state index contributed by atoms with van der Waals surface area (Å²) >= 11 is 0. The molecule has 1 aliphatic heterocycles. The fourth-order valence-corrected chi connectivity index (χ4v) is 3.77. The molecular weight excluding hydrogens is 354 g/mol. The lowest BCUT2D eigenvalue weighted by atomic mass is 9.73. The number of carbonyl (C=O) groups is 2. The quantitative estimate of drug-likeness (QED) is 0.773. The van der Waals surface area contributed by atoms with E-state index in [0.29, 0.717) is 32.5 Å². The number of aliphatic carboxylic acids is 1. The highest BCUT2D eigenvalue weighted by Gasteiger charge is 2.41. The summed E-state index contributed by atoms with van der Waals surface area (Å²) in [4.78, 5) is 24.9. The molecule has 0 saturated carbocycles. The van der Waals surface area contributed by atoms with Gasteiger partial charge in [-0.2, -0.15) is 0 Å². The van der Waals surface area contributed by atoms with Crippen molar-refractivity contribution >= 4 is 11.9 Å². The van der Waals surface area contributed by atoms with E-state index in [0.717, 1.165) is 16.7 Å². The van der Waals surface area contributed by atoms with Gasteiger partial charge in [0.1, 0.15) is 0 Å². The monoisotopic (exact) mass is 381 g/mol. The Hall–Kier alpha value is -2.66. The van der Waals surface area contributed by atoms with Crippen molar-refractivity contribution in [2.75, 3.05) is 19.8 Å². The van der Waals surface area contributed by atoms with Crippen LogP contribution in [-0.4, -0.2) is 36.7 Å².